The highest BCUT2D eigenvalue weighted by Gasteiger charge is 2.13. The van der Waals surface area contributed by atoms with Gasteiger partial charge < -0.3 is 14.8 Å². The quantitative estimate of drug-likeness (QED) is 0.575. The Bertz CT molecular complexity index is 760. The fraction of sp³-hybridized carbons (Fsp3) is 0.263. The highest BCUT2D eigenvalue weighted by molar-refractivity contribution is 5.93. The second kappa shape index (κ2) is 9.50. The minimum absolute atomic E-state index is 0.0627. The number of amides is 1. The summed E-state index contributed by atoms with van der Waals surface area (Å²) < 4.78 is 37.1. The molecule has 0 heterocycles. The number of carbonyl (C=O) groups excluding carboxylic acids is 2. The fourth-order valence-electron chi connectivity index (χ4n) is 2.12. The third-order valence-electron chi connectivity index (χ3n) is 3.37. The van der Waals surface area contributed by atoms with Gasteiger partial charge in [-0.05, 0) is 43.2 Å². The molecular weight excluding hydrogens is 344 g/mol. The van der Waals surface area contributed by atoms with Crippen molar-refractivity contribution in [1.29, 1.82) is 0 Å². The standard InChI is InChI=1S/C19H19F2NO4/c1-13-5-2-6-14(11-13)25-10-4-9-18(24)26-12-17(23)22-19-15(20)7-3-8-16(19)21/h2-3,5-8,11H,4,9-10,12H2,1H3,(H,22,23). The summed E-state index contributed by atoms with van der Waals surface area (Å²) in [7, 11) is 0. The summed E-state index contributed by atoms with van der Waals surface area (Å²) in [6, 6.07) is 10.7. The van der Waals surface area contributed by atoms with E-state index in [1.54, 1.807) is 0 Å². The first-order valence-electron chi connectivity index (χ1n) is 8.04. The van der Waals surface area contributed by atoms with Gasteiger partial charge >= 0.3 is 5.97 Å². The van der Waals surface area contributed by atoms with Gasteiger partial charge in [0, 0.05) is 6.42 Å². The smallest absolute Gasteiger partial charge is 0.306 e. The number of ether oxygens (including phenoxy) is 2. The van der Waals surface area contributed by atoms with Gasteiger partial charge in [0.2, 0.25) is 0 Å². The van der Waals surface area contributed by atoms with Gasteiger partial charge in [-0.3, -0.25) is 9.59 Å². The van der Waals surface area contributed by atoms with Crippen molar-refractivity contribution in [2.45, 2.75) is 19.8 Å². The third-order valence-corrected chi connectivity index (χ3v) is 3.37. The molecule has 5 nitrogen and oxygen atoms in total. The summed E-state index contributed by atoms with van der Waals surface area (Å²) in [5.41, 5.74) is 0.499. The van der Waals surface area contributed by atoms with Gasteiger partial charge in [0.15, 0.2) is 6.61 Å². The summed E-state index contributed by atoms with van der Waals surface area (Å²) >= 11 is 0. The molecule has 2 aromatic rings. The molecule has 138 valence electrons. The number of halogens is 2. The molecule has 0 aliphatic carbocycles. The third kappa shape index (κ3) is 6.16. The van der Waals surface area contributed by atoms with Crippen LogP contribution in [0.3, 0.4) is 0 Å². The average Bonchev–Trinajstić information content (AvgIpc) is 2.60. The largest absolute Gasteiger partial charge is 0.494 e. The first-order valence-corrected chi connectivity index (χ1v) is 8.04. The summed E-state index contributed by atoms with van der Waals surface area (Å²) in [6.07, 6.45) is 0.476. The van der Waals surface area contributed by atoms with E-state index in [0.29, 0.717) is 18.8 Å². The van der Waals surface area contributed by atoms with E-state index in [9.17, 15) is 18.4 Å². The number of esters is 1. The van der Waals surface area contributed by atoms with Crippen molar-refractivity contribution >= 4 is 17.6 Å². The lowest BCUT2D eigenvalue weighted by Crippen LogP contribution is -2.22. The molecule has 26 heavy (non-hydrogen) atoms. The van der Waals surface area contributed by atoms with Crippen LogP contribution in [0, 0.1) is 18.6 Å². The van der Waals surface area contributed by atoms with Gasteiger partial charge in [-0.25, -0.2) is 8.78 Å². The van der Waals surface area contributed by atoms with Gasteiger partial charge in [0.1, 0.15) is 23.1 Å². The first-order chi connectivity index (χ1) is 12.5. The Morgan fingerprint density at radius 1 is 1.08 bits per heavy atom. The van der Waals surface area contributed by atoms with Gasteiger partial charge in [0.05, 0.1) is 6.61 Å². The molecule has 0 aromatic heterocycles. The zero-order valence-electron chi connectivity index (χ0n) is 14.3. The van der Waals surface area contributed by atoms with Crippen LogP contribution in [0.2, 0.25) is 0 Å². The van der Waals surface area contributed by atoms with Gasteiger partial charge in [-0.2, -0.15) is 0 Å². The number of anilines is 1. The monoisotopic (exact) mass is 363 g/mol. The molecule has 0 atom stereocenters. The van der Waals surface area contributed by atoms with Crippen molar-refractivity contribution in [1.82, 2.24) is 0 Å². The predicted octanol–water partition coefficient (Wildman–Crippen LogP) is 3.61. The Balaban J connectivity index is 1.66. The van der Waals surface area contributed by atoms with Gasteiger partial charge in [-0.15, -0.1) is 0 Å². The van der Waals surface area contributed by atoms with Crippen LogP contribution in [0.15, 0.2) is 42.5 Å². The predicted molar refractivity (Wildman–Crippen MR) is 91.9 cm³/mol. The number of aryl methyl sites for hydroxylation is 1. The molecule has 0 bridgehead atoms. The summed E-state index contributed by atoms with van der Waals surface area (Å²) in [5, 5.41) is 2.04. The summed E-state index contributed by atoms with van der Waals surface area (Å²) in [4.78, 5) is 23.2. The van der Waals surface area contributed by atoms with E-state index >= 15 is 0 Å². The Morgan fingerprint density at radius 2 is 1.77 bits per heavy atom. The molecular formula is C19H19F2NO4. The van der Waals surface area contributed by atoms with Crippen LogP contribution in [-0.2, 0) is 14.3 Å². The molecule has 0 aliphatic rings. The Hall–Kier alpha value is -2.96. The van der Waals surface area contributed by atoms with Crippen molar-refractivity contribution in [2.24, 2.45) is 0 Å². The normalized spacial score (nSPS) is 10.3. The molecule has 2 rings (SSSR count). The molecule has 0 unspecified atom stereocenters. The molecule has 0 radical (unpaired) electrons. The molecule has 0 fully saturated rings. The van der Waals surface area contributed by atoms with E-state index < -0.39 is 35.8 Å². The lowest BCUT2D eigenvalue weighted by molar-refractivity contribution is -0.147. The van der Waals surface area contributed by atoms with Gasteiger partial charge in [0.25, 0.3) is 5.91 Å². The number of para-hydroxylation sites is 1. The van der Waals surface area contributed by atoms with Crippen LogP contribution >= 0.6 is 0 Å². The van der Waals surface area contributed by atoms with Crippen LogP contribution in [-0.4, -0.2) is 25.1 Å². The summed E-state index contributed by atoms with van der Waals surface area (Å²) in [6.45, 7) is 1.65. The first kappa shape index (κ1) is 19.4. The topological polar surface area (TPSA) is 64.6 Å². The lowest BCUT2D eigenvalue weighted by atomic mass is 10.2. The molecule has 0 saturated heterocycles. The highest BCUT2D eigenvalue weighted by Crippen LogP contribution is 2.17. The minimum atomic E-state index is -0.905. The maximum atomic E-state index is 13.4. The van der Waals surface area contributed by atoms with Crippen molar-refractivity contribution in [3.05, 3.63) is 59.7 Å². The second-order valence-electron chi connectivity index (χ2n) is 5.57. The molecule has 1 N–H and O–H groups in total. The molecule has 2 aromatic carbocycles. The van der Waals surface area contributed by atoms with Crippen LogP contribution in [0.1, 0.15) is 18.4 Å². The number of benzene rings is 2. The van der Waals surface area contributed by atoms with Crippen molar-refractivity contribution < 1.29 is 27.8 Å². The summed E-state index contributed by atoms with van der Waals surface area (Å²) in [5.74, 6) is -2.51. The SMILES string of the molecule is Cc1cccc(OCCCC(=O)OCC(=O)Nc2c(F)cccc2F)c1. The number of nitrogens with one attached hydrogen (secondary N) is 1. The fourth-order valence-corrected chi connectivity index (χ4v) is 2.12. The van der Waals surface area contributed by atoms with Crippen molar-refractivity contribution in [2.75, 3.05) is 18.5 Å². The lowest BCUT2D eigenvalue weighted by Gasteiger charge is -2.09. The number of hydrogen-bond acceptors (Lipinski definition) is 4. The number of carbonyl (C=O) groups is 2. The Morgan fingerprint density at radius 3 is 2.46 bits per heavy atom. The van der Waals surface area contributed by atoms with E-state index in [4.69, 9.17) is 9.47 Å². The molecule has 1 amide bonds. The molecule has 0 saturated carbocycles. The minimum Gasteiger partial charge on any atom is -0.494 e. The molecule has 0 aliphatic heterocycles. The maximum absolute atomic E-state index is 13.4. The Labute approximate surface area is 149 Å². The molecule has 7 heteroatoms. The molecule has 0 spiro atoms. The van der Waals surface area contributed by atoms with Crippen LogP contribution in [0.5, 0.6) is 5.75 Å². The van der Waals surface area contributed by atoms with Crippen molar-refractivity contribution in [3.8, 4) is 5.75 Å². The Kier molecular flexibility index (Phi) is 7.08. The van der Waals surface area contributed by atoms with Crippen LogP contribution in [0.4, 0.5) is 14.5 Å². The second-order valence-corrected chi connectivity index (χ2v) is 5.57. The number of rotatable bonds is 8. The van der Waals surface area contributed by atoms with E-state index in [2.05, 4.69) is 0 Å². The van der Waals surface area contributed by atoms with Crippen LogP contribution in [0.25, 0.3) is 0 Å². The van der Waals surface area contributed by atoms with E-state index in [0.717, 1.165) is 17.7 Å². The number of hydrogen-bond donors (Lipinski definition) is 1. The van der Waals surface area contributed by atoms with Crippen LogP contribution < -0.4 is 10.1 Å². The maximum Gasteiger partial charge on any atom is 0.306 e. The van der Waals surface area contributed by atoms with Gasteiger partial charge in [-0.1, -0.05) is 18.2 Å². The van der Waals surface area contributed by atoms with E-state index in [1.807, 2.05) is 36.5 Å². The average molecular weight is 363 g/mol. The highest BCUT2D eigenvalue weighted by atomic mass is 19.1. The van der Waals surface area contributed by atoms with E-state index in [1.165, 1.54) is 6.07 Å². The zero-order chi connectivity index (χ0) is 18.9. The zero-order valence-corrected chi connectivity index (χ0v) is 14.3. The van der Waals surface area contributed by atoms with Crippen molar-refractivity contribution in [3.63, 3.8) is 0 Å². The van der Waals surface area contributed by atoms with E-state index in [-0.39, 0.29) is 6.42 Å².